The van der Waals surface area contributed by atoms with Gasteiger partial charge in [0.2, 0.25) is 0 Å². The Morgan fingerprint density at radius 3 is 2.93 bits per heavy atom. The summed E-state index contributed by atoms with van der Waals surface area (Å²) in [5.74, 6) is 0. The zero-order valence-electron chi connectivity index (χ0n) is 14.8. The fourth-order valence-corrected chi connectivity index (χ4v) is 4.51. The Kier molecular flexibility index (Phi) is 3.99. The lowest BCUT2D eigenvalue weighted by atomic mass is 10.3. The van der Waals surface area contributed by atoms with Crippen LogP contribution in [0.4, 0.5) is 0 Å². The number of hydrogen-bond donors (Lipinski definition) is 1. The van der Waals surface area contributed by atoms with Gasteiger partial charge in [-0.05, 0) is 12.1 Å². The van der Waals surface area contributed by atoms with E-state index < -0.39 is 0 Å². The van der Waals surface area contributed by atoms with Gasteiger partial charge in [0, 0.05) is 30.7 Å². The molecule has 0 radical (unpaired) electrons. The van der Waals surface area contributed by atoms with Crippen LogP contribution in [0.25, 0.3) is 21.3 Å². The smallest absolute Gasteiger partial charge is 0.291 e. The Balaban J connectivity index is 1.59. The SMILES string of the molecule is Cn1c2nc(Cc3ccccn3)sc2c2cnn(Cc3[nH]ncc3Cl)c(=O)c21. The lowest BCUT2D eigenvalue weighted by molar-refractivity contribution is 0.631. The van der Waals surface area contributed by atoms with Crippen molar-refractivity contribution in [2.24, 2.45) is 7.05 Å². The Morgan fingerprint density at radius 2 is 2.18 bits per heavy atom. The second kappa shape index (κ2) is 6.54. The fourth-order valence-electron chi connectivity index (χ4n) is 3.24. The van der Waals surface area contributed by atoms with Crippen LogP contribution in [0.2, 0.25) is 5.02 Å². The van der Waals surface area contributed by atoms with Crippen LogP contribution in [-0.4, -0.2) is 34.5 Å². The van der Waals surface area contributed by atoms with Gasteiger partial charge in [-0.2, -0.15) is 10.2 Å². The van der Waals surface area contributed by atoms with Crippen molar-refractivity contribution in [1.82, 2.24) is 34.5 Å². The molecule has 140 valence electrons. The molecule has 1 N–H and O–H groups in total. The minimum Gasteiger partial charge on any atom is -0.323 e. The van der Waals surface area contributed by atoms with Gasteiger partial charge < -0.3 is 4.57 Å². The van der Waals surface area contributed by atoms with Crippen LogP contribution in [-0.2, 0) is 20.0 Å². The zero-order valence-corrected chi connectivity index (χ0v) is 16.3. The Morgan fingerprint density at radius 1 is 1.29 bits per heavy atom. The van der Waals surface area contributed by atoms with E-state index in [-0.39, 0.29) is 12.1 Å². The molecule has 0 atom stereocenters. The number of rotatable bonds is 4. The van der Waals surface area contributed by atoms with Gasteiger partial charge in [-0.3, -0.25) is 14.9 Å². The van der Waals surface area contributed by atoms with E-state index in [4.69, 9.17) is 16.6 Å². The highest BCUT2D eigenvalue weighted by Crippen LogP contribution is 2.31. The maximum atomic E-state index is 13.0. The molecule has 5 rings (SSSR count). The van der Waals surface area contributed by atoms with Crippen molar-refractivity contribution in [1.29, 1.82) is 0 Å². The number of hydrogen-bond acceptors (Lipinski definition) is 6. The molecule has 0 amide bonds. The van der Waals surface area contributed by atoms with Crippen LogP contribution in [0.1, 0.15) is 16.4 Å². The highest BCUT2D eigenvalue weighted by Gasteiger charge is 2.19. The average molecular weight is 412 g/mol. The van der Waals surface area contributed by atoms with Gasteiger partial charge in [0.25, 0.3) is 5.56 Å². The molecule has 0 aliphatic heterocycles. The van der Waals surface area contributed by atoms with Gasteiger partial charge >= 0.3 is 0 Å². The summed E-state index contributed by atoms with van der Waals surface area (Å²) < 4.78 is 4.16. The van der Waals surface area contributed by atoms with Gasteiger partial charge in [-0.1, -0.05) is 17.7 Å². The third-order valence-electron chi connectivity index (χ3n) is 4.60. The molecule has 10 heteroatoms. The number of halogens is 1. The summed E-state index contributed by atoms with van der Waals surface area (Å²) in [7, 11) is 1.85. The van der Waals surface area contributed by atoms with Crippen LogP contribution in [0.15, 0.2) is 41.6 Å². The molecule has 0 saturated heterocycles. The molecule has 0 aliphatic rings. The van der Waals surface area contributed by atoms with E-state index in [2.05, 4.69) is 20.3 Å². The first kappa shape index (κ1) is 17.1. The maximum absolute atomic E-state index is 13.0. The van der Waals surface area contributed by atoms with E-state index in [0.717, 1.165) is 26.4 Å². The molecule has 0 spiro atoms. The minimum atomic E-state index is -0.192. The third kappa shape index (κ3) is 2.71. The molecule has 0 saturated carbocycles. The topological polar surface area (TPSA) is 94.3 Å². The summed E-state index contributed by atoms with van der Waals surface area (Å²) in [4.78, 5) is 22.1. The number of aryl methyl sites for hydroxylation is 1. The van der Waals surface area contributed by atoms with Gasteiger partial charge in [0.05, 0.1) is 34.4 Å². The highest BCUT2D eigenvalue weighted by atomic mass is 35.5. The monoisotopic (exact) mass is 411 g/mol. The van der Waals surface area contributed by atoms with Crippen molar-refractivity contribution >= 4 is 44.2 Å². The number of pyridine rings is 1. The number of nitrogens with zero attached hydrogens (tertiary/aromatic N) is 6. The summed E-state index contributed by atoms with van der Waals surface area (Å²) in [6.07, 6.45) is 5.65. The molecule has 0 fully saturated rings. The summed E-state index contributed by atoms with van der Waals surface area (Å²) in [5, 5.41) is 13.2. The van der Waals surface area contributed by atoms with Crippen LogP contribution in [0, 0.1) is 0 Å². The van der Waals surface area contributed by atoms with Crippen molar-refractivity contribution < 1.29 is 0 Å². The molecular formula is C18H14ClN7OS. The van der Waals surface area contributed by atoms with Crippen molar-refractivity contribution in [2.45, 2.75) is 13.0 Å². The summed E-state index contributed by atoms with van der Waals surface area (Å²) in [6.45, 7) is 0.227. The number of H-pyrrole nitrogens is 1. The molecule has 5 aromatic rings. The highest BCUT2D eigenvalue weighted by molar-refractivity contribution is 7.19. The lowest BCUT2D eigenvalue weighted by Crippen LogP contribution is -2.24. The molecule has 28 heavy (non-hydrogen) atoms. The maximum Gasteiger partial charge on any atom is 0.291 e. The van der Waals surface area contributed by atoms with Crippen LogP contribution < -0.4 is 5.56 Å². The number of aromatic amines is 1. The van der Waals surface area contributed by atoms with Crippen molar-refractivity contribution in [3.63, 3.8) is 0 Å². The molecule has 8 nitrogen and oxygen atoms in total. The van der Waals surface area contributed by atoms with E-state index in [9.17, 15) is 4.79 Å². The van der Waals surface area contributed by atoms with Gasteiger partial charge in [-0.25, -0.2) is 9.67 Å². The minimum absolute atomic E-state index is 0.192. The second-order valence-corrected chi connectivity index (χ2v) is 7.87. The normalized spacial score (nSPS) is 11.6. The molecule has 5 heterocycles. The van der Waals surface area contributed by atoms with E-state index >= 15 is 0 Å². The standard InChI is InChI=1S/C18H14ClN7OS/c1-25-15-11(7-22-26(18(15)27)9-13-12(19)8-21-24-13)16-17(25)23-14(28-16)6-10-4-2-3-5-20-10/h2-5,7-8H,6,9H2,1H3,(H,21,24). The molecule has 5 aromatic heterocycles. The number of aromatic nitrogens is 7. The first-order valence-electron chi connectivity index (χ1n) is 8.53. The van der Waals surface area contributed by atoms with E-state index in [1.54, 1.807) is 23.7 Å². The molecule has 0 unspecified atom stereocenters. The first-order chi connectivity index (χ1) is 13.6. The van der Waals surface area contributed by atoms with E-state index in [0.29, 0.717) is 22.7 Å². The molecular weight excluding hydrogens is 398 g/mol. The van der Waals surface area contributed by atoms with Gasteiger partial charge in [-0.15, -0.1) is 11.3 Å². The first-order valence-corrected chi connectivity index (χ1v) is 9.73. The molecule has 0 aromatic carbocycles. The van der Waals surface area contributed by atoms with E-state index in [1.165, 1.54) is 10.9 Å². The van der Waals surface area contributed by atoms with Crippen LogP contribution in [0.5, 0.6) is 0 Å². The Labute approximate surface area is 167 Å². The Hall–Kier alpha value is -3.04. The zero-order chi connectivity index (χ0) is 19.3. The summed E-state index contributed by atoms with van der Waals surface area (Å²) >= 11 is 7.63. The van der Waals surface area contributed by atoms with Gasteiger partial charge in [0.15, 0.2) is 5.65 Å². The second-order valence-electron chi connectivity index (χ2n) is 6.38. The predicted molar refractivity (Wildman–Crippen MR) is 108 cm³/mol. The number of fused-ring (bicyclic) bond motifs is 3. The van der Waals surface area contributed by atoms with Crippen molar-refractivity contribution in [2.75, 3.05) is 0 Å². The van der Waals surface area contributed by atoms with E-state index in [1.807, 2.05) is 29.8 Å². The fraction of sp³-hybridized carbons (Fsp3) is 0.167. The molecule has 0 bridgehead atoms. The summed E-state index contributed by atoms with van der Waals surface area (Å²) in [6, 6.07) is 5.83. The Bertz CT molecular complexity index is 1370. The number of thiazole rings is 1. The lowest BCUT2D eigenvalue weighted by Gasteiger charge is -2.04. The quantitative estimate of drug-likeness (QED) is 0.490. The largest absolute Gasteiger partial charge is 0.323 e. The van der Waals surface area contributed by atoms with Crippen LogP contribution >= 0.6 is 22.9 Å². The average Bonchev–Trinajstić information content (AvgIpc) is 3.35. The van der Waals surface area contributed by atoms with Crippen molar-refractivity contribution in [3.05, 3.63) is 68.6 Å². The van der Waals surface area contributed by atoms with Crippen molar-refractivity contribution in [3.8, 4) is 0 Å². The third-order valence-corrected chi connectivity index (χ3v) is 6.01. The number of nitrogens with one attached hydrogen (secondary N) is 1. The predicted octanol–water partition coefficient (Wildman–Crippen LogP) is 2.76. The summed E-state index contributed by atoms with van der Waals surface area (Å²) in [5.41, 5.74) is 2.76. The molecule has 0 aliphatic carbocycles. The van der Waals surface area contributed by atoms with Crippen LogP contribution in [0.3, 0.4) is 0 Å². The van der Waals surface area contributed by atoms with Gasteiger partial charge in [0.1, 0.15) is 10.5 Å².